The van der Waals surface area contributed by atoms with E-state index in [9.17, 15) is 9.59 Å². The van der Waals surface area contributed by atoms with Crippen molar-refractivity contribution in [3.8, 4) is 22.6 Å². The maximum atomic E-state index is 12.8. The molecular formula is C33H44N4O4. The summed E-state index contributed by atoms with van der Waals surface area (Å²) in [6, 6.07) is 20.4. The van der Waals surface area contributed by atoms with Crippen LogP contribution in [0, 0.1) is 0 Å². The number of amides is 2. The zero-order valence-corrected chi connectivity index (χ0v) is 24.2. The van der Waals surface area contributed by atoms with Gasteiger partial charge in [-0.1, -0.05) is 49.4 Å². The van der Waals surface area contributed by atoms with E-state index < -0.39 is 23.9 Å². The van der Waals surface area contributed by atoms with Gasteiger partial charge in [0.1, 0.15) is 17.5 Å². The zero-order valence-electron chi connectivity index (χ0n) is 24.2. The van der Waals surface area contributed by atoms with E-state index in [0.29, 0.717) is 32.4 Å². The van der Waals surface area contributed by atoms with E-state index in [-0.39, 0.29) is 0 Å². The predicted molar refractivity (Wildman–Crippen MR) is 164 cm³/mol. The van der Waals surface area contributed by atoms with Gasteiger partial charge in [0, 0.05) is 0 Å². The highest BCUT2D eigenvalue weighted by molar-refractivity contribution is 5.89. The van der Waals surface area contributed by atoms with Crippen molar-refractivity contribution in [2.75, 3.05) is 20.3 Å². The molecule has 0 aliphatic rings. The van der Waals surface area contributed by atoms with Crippen molar-refractivity contribution < 1.29 is 19.1 Å². The molecule has 0 aliphatic heterocycles. The van der Waals surface area contributed by atoms with Crippen LogP contribution in [0.2, 0.25) is 0 Å². The van der Waals surface area contributed by atoms with E-state index in [0.717, 1.165) is 59.4 Å². The van der Waals surface area contributed by atoms with Crippen molar-refractivity contribution in [3.05, 3.63) is 83.4 Å². The van der Waals surface area contributed by atoms with Crippen LogP contribution in [-0.2, 0) is 28.9 Å². The van der Waals surface area contributed by atoms with E-state index in [1.54, 1.807) is 7.11 Å². The standard InChI is InChI=1S/C33H44N4O4/c1-3-25-22-28(40-2)17-18-29(25)26-13-9-24(10-14-26)21-30(35)33(39)37-31(32(36)38)8-6-7-23-11-15-27(16-12-23)41-20-5-4-19-34/h9-18,22,30-31H,3-8,19-21,34-35H2,1-2H3,(H2,36,38)(H,37,39)/t30-,31-/m0/s1. The Kier molecular flexibility index (Phi) is 12.7. The fourth-order valence-electron chi connectivity index (χ4n) is 4.70. The van der Waals surface area contributed by atoms with E-state index >= 15 is 0 Å². The van der Waals surface area contributed by atoms with Crippen molar-refractivity contribution in [2.24, 2.45) is 17.2 Å². The Morgan fingerprint density at radius 1 is 0.902 bits per heavy atom. The highest BCUT2D eigenvalue weighted by Gasteiger charge is 2.22. The molecule has 2 amide bonds. The van der Waals surface area contributed by atoms with Crippen LogP contribution in [-0.4, -0.2) is 44.2 Å². The number of methoxy groups -OCH3 is 1. The number of primary amides is 1. The molecule has 8 nitrogen and oxygen atoms in total. The first-order chi connectivity index (χ1) is 19.8. The minimum absolute atomic E-state index is 0.349. The number of hydrogen-bond donors (Lipinski definition) is 4. The molecule has 2 atom stereocenters. The minimum Gasteiger partial charge on any atom is -0.497 e. The summed E-state index contributed by atoms with van der Waals surface area (Å²) in [5, 5.41) is 2.75. The average molecular weight is 561 g/mol. The molecule has 8 heteroatoms. The first kappa shape index (κ1) is 31.6. The van der Waals surface area contributed by atoms with Crippen LogP contribution in [0.15, 0.2) is 66.7 Å². The van der Waals surface area contributed by atoms with Gasteiger partial charge >= 0.3 is 0 Å². The Labute approximate surface area is 243 Å². The molecule has 0 aliphatic carbocycles. The lowest BCUT2D eigenvalue weighted by Crippen LogP contribution is -2.51. The first-order valence-electron chi connectivity index (χ1n) is 14.4. The lowest BCUT2D eigenvalue weighted by atomic mass is 9.95. The summed E-state index contributed by atoms with van der Waals surface area (Å²) >= 11 is 0. The Morgan fingerprint density at radius 3 is 2.22 bits per heavy atom. The number of ether oxygens (including phenoxy) is 2. The van der Waals surface area contributed by atoms with Gasteiger partial charge in [0.15, 0.2) is 0 Å². The second-order valence-electron chi connectivity index (χ2n) is 10.2. The molecular weight excluding hydrogens is 516 g/mol. The number of carbonyl (C=O) groups excluding carboxylic acids is 2. The molecule has 41 heavy (non-hydrogen) atoms. The summed E-state index contributed by atoms with van der Waals surface area (Å²) in [5.74, 6) is 0.699. The van der Waals surface area contributed by atoms with Crippen LogP contribution in [0.5, 0.6) is 11.5 Å². The summed E-state index contributed by atoms with van der Waals surface area (Å²) in [4.78, 5) is 24.9. The molecule has 0 heterocycles. The predicted octanol–water partition coefficient (Wildman–Crippen LogP) is 3.91. The monoisotopic (exact) mass is 560 g/mol. The molecule has 0 bridgehead atoms. The lowest BCUT2D eigenvalue weighted by Gasteiger charge is -2.19. The van der Waals surface area contributed by atoms with Gasteiger partial charge in [0.05, 0.1) is 19.8 Å². The highest BCUT2D eigenvalue weighted by atomic mass is 16.5. The van der Waals surface area contributed by atoms with Crippen LogP contribution >= 0.6 is 0 Å². The molecule has 0 aromatic heterocycles. The summed E-state index contributed by atoms with van der Waals surface area (Å²) in [5.41, 5.74) is 22.8. The molecule has 0 radical (unpaired) electrons. The van der Waals surface area contributed by atoms with Gasteiger partial charge in [0.2, 0.25) is 11.8 Å². The maximum Gasteiger partial charge on any atom is 0.240 e. The van der Waals surface area contributed by atoms with Crippen LogP contribution in [0.1, 0.15) is 49.3 Å². The third-order valence-electron chi connectivity index (χ3n) is 7.16. The second-order valence-corrected chi connectivity index (χ2v) is 10.2. The van der Waals surface area contributed by atoms with Gasteiger partial charge in [-0.05, 0) is 104 Å². The number of aryl methyl sites for hydroxylation is 2. The largest absolute Gasteiger partial charge is 0.497 e. The smallest absolute Gasteiger partial charge is 0.240 e. The first-order valence-corrected chi connectivity index (χ1v) is 14.4. The lowest BCUT2D eigenvalue weighted by molar-refractivity contribution is -0.128. The molecule has 0 saturated carbocycles. The number of unbranched alkanes of at least 4 members (excludes halogenated alkanes) is 1. The summed E-state index contributed by atoms with van der Waals surface area (Å²) in [6.07, 6.45) is 4.98. The molecule has 0 saturated heterocycles. The van der Waals surface area contributed by atoms with E-state index in [1.807, 2.05) is 54.6 Å². The number of nitrogens with one attached hydrogen (secondary N) is 1. The van der Waals surface area contributed by atoms with Crippen molar-refractivity contribution in [1.29, 1.82) is 0 Å². The van der Waals surface area contributed by atoms with Crippen LogP contribution < -0.4 is 32.0 Å². The van der Waals surface area contributed by atoms with Gasteiger partial charge in [-0.3, -0.25) is 9.59 Å². The maximum absolute atomic E-state index is 12.8. The number of rotatable bonds is 17. The van der Waals surface area contributed by atoms with Crippen molar-refractivity contribution in [1.82, 2.24) is 5.32 Å². The normalized spacial score (nSPS) is 12.4. The molecule has 3 aromatic carbocycles. The van der Waals surface area contributed by atoms with Crippen LogP contribution in [0.3, 0.4) is 0 Å². The Hall–Kier alpha value is -3.88. The summed E-state index contributed by atoms with van der Waals surface area (Å²) in [6.45, 7) is 3.43. The SMILES string of the molecule is CCc1cc(OC)ccc1-c1ccc(C[C@H](N)C(=O)N[C@@H](CCCc2ccc(OCCCCN)cc2)C(N)=O)cc1. The highest BCUT2D eigenvalue weighted by Crippen LogP contribution is 2.28. The van der Waals surface area contributed by atoms with Gasteiger partial charge in [0.25, 0.3) is 0 Å². The fraction of sp³-hybridized carbons (Fsp3) is 0.394. The number of hydrogen-bond acceptors (Lipinski definition) is 6. The van der Waals surface area contributed by atoms with Crippen LogP contribution in [0.25, 0.3) is 11.1 Å². The van der Waals surface area contributed by atoms with E-state index in [4.69, 9.17) is 26.7 Å². The average Bonchev–Trinajstić information content (AvgIpc) is 2.99. The van der Waals surface area contributed by atoms with Gasteiger partial charge in [-0.25, -0.2) is 0 Å². The second kappa shape index (κ2) is 16.4. The summed E-state index contributed by atoms with van der Waals surface area (Å²) < 4.78 is 11.1. The quantitative estimate of drug-likeness (QED) is 0.184. The Morgan fingerprint density at radius 2 is 1.59 bits per heavy atom. The fourth-order valence-corrected chi connectivity index (χ4v) is 4.70. The summed E-state index contributed by atoms with van der Waals surface area (Å²) in [7, 11) is 1.66. The van der Waals surface area contributed by atoms with Crippen molar-refractivity contribution in [3.63, 3.8) is 0 Å². The topological polar surface area (TPSA) is 143 Å². The van der Waals surface area contributed by atoms with E-state index in [1.165, 1.54) is 5.56 Å². The van der Waals surface area contributed by atoms with E-state index in [2.05, 4.69) is 24.4 Å². The molecule has 220 valence electrons. The van der Waals surface area contributed by atoms with Crippen LogP contribution in [0.4, 0.5) is 0 Å². The zero-order chi connectivity index (χ0) is 29.6. The Balaban J connectivity index is 1.48. The minimum atomic E-state index is -0.799. The molecule has 7 N–H and O–H groups in total. The third-order valence-corrected chi connectivity index (χ3v) is 7.16. The molecule has 0 fully saturated rings. The number of carbonyl (C=O) groups is 2. The van der Waals surface area contributed by atoms with Crippen molar-refractivity contribution in [2.45, 2.75) is 64.0 Å². The van der Waals surface area contributed by atoms with Gasteiger partial charge in [-0.2, -0.15) is 0 Å². The molecule has 3 aromatic rings. The molecule has 0 spiro atoms. The number of benzene rings is 3. The molecule has 0 unspecified atom stereocenters. The van der Waals surface area contributed by atoms with Gasteiger partial charge in [-0.15, -0.1) is 0 Å². The molecule has 3 rings (SSSR count). The van der Waals surface area contributed by atoms with Crippen molar-refractivity contribution >= 4 is 11.8 Å². The number of nitrogens with two attached hydrogens (primary N) is 3. The Bertz CT molecular complexity index is 1250. The third kappa shape index (κ3) is 9.92. The van der Waals surface area contributed by atoms with Gasteiger partial charge < -0.3 is 32.0 Å².